The van der Waals surface area contributed by atoms with E-state index in [0.29, 0.717) is 6.04 Å². The minimum Gasteiger partial charge on any atom is -0.302 e. The number of benzene rings is 2. The molecular formula is C18H21NO. The summed E-state index contributed by atoms with van der Waals surface area (Å²) in [5.41, 5.74) is 3.90. The molecule has 0 bridgehead atoms. The molecule has 2 nitrogen and oxygen atoms in total. The Hall–Kier alpha value is -1.64. The van der Waals surface area contributed by atoms with Crippen LogP contribution in [0.15, 0.2) is 54.6 Å². The zero-order valence-corrected chi connectivity index (χ0v) is 12.0. The number of rotatable bonds is 3. The smallest absolute Gasteiger partial charge is 0.0601 e. The summed E-state index contributed by atoms with van der Waals surface area (Å²) in [6.07, 6.45) is 3.69. The summed E-state index contributed by atoms with van der Waals surface area (Å²) in [7, 11) is 1.77. The Kier molecular flexibility index (Phi) is 4.14. The molecule has 3 rings (SSSR count). The van der Waals surface area contributed by atoms with Crippen LogP contribution in [-0.2, 0) is 4.84 Å². The molecular weight excluding hydrogens is 246 g/mol. The van der Waals surface area contributed by atoms with Crippen molar-refractivity contribution >= 4 is 0 Å². The highest BCUT2D eigenvalue weighted by atomic mass is 16.7. The highest BCUT2D eigenvalue weighted by molar-refractivity contribution is 5.63. The largest absolute Gasteiger partial charge is 0.302 e. The molecule has 0 aliphatic carbocycles. The average molecular weight is 267 g/mol. The fraction of sp³-hybridized carbons (Fsp3) is 0.333. The van der Waals surface area contributed by atoms with E-state index in [1.165, 1.54) is 36.0 Å². The molecule has 1 saturated heterocycles. The van der Waals surface area contributed by atoms with Gasteiger partial charge in [-0.3, -0.25) is 0 Å². The van der Waals surface area contributed by atoms with E-state index in [0.717, 1.165) is 6.54 Å². The fourth-order valence-electron chi connectivity index (χ4n) is 2.98. The predicted octanol–water partition coefficient (Wildman–Crippen LogP) is 4.44. The van der Waals surface area contributed by atoms with Crippen LogP contribution >= 0.6 is 0 Å². The van der Waals surface area contributed by atoms with Crippen molar-refractivity contribution in [1.29, 1.82) is 0 Å². The molecule has 20 heavy (non-hydrogen) atoms. The number of hydrogen-bond donors (Lipinski definition) is 0. The van der Waals surface area contributed by atoms with E-state index in [1.807, 2.05) is 0 Å². The summed E-state index contributed by atoms with van der Waals surface area (Å²) in [6.45, 7) is 1.03. The Morgan fingerprint density at radius 1 is 0.900 bits per heavy atom. The van der Waals surface area contributed by atoms with Crippen LogP contribution in [0.2, 0.25) is 0 Å². The van der Waals surface area contributed by atoms with Crippen molar-refractivity contribution in [2.24, 2.45) is 0 Å². The SMILES string of the molecule is CON1CCCCC1c1ccc(-c2ccccc2)cc1. The first-order chi connectivity index (χ1) is 9.88. The van der Waals surface area contributed by atoms with Gasteiger partial charge in [-0.05, 0) is 29.5 Å². The first-order valence-electron chi connectivity index (χ1n) is 7.34. The summed E-state index contributed by atoms with van der Waals surface area (Å²) in [5.74, 6) is 0. The van der Waals surface area contributed by atoms with Gasteiger partial charge in [0.1, 0.15) is 0 Å². The molecule has 1 heterocycles. The predicted molar refractivity (Wildman–Crippen MR) is 82.2 cm³/mol. The Bertz CT molecular complexity index is 535. The number of hydroxylamine groups is 2. The minimum absolute atomic E-state index is 0.401. The van der Waals surface area contributed by atoms with Crippen molar-refractivity contribution in [2.45, 2.75) is 25.3 Å². The topological polar surface area (TPSA) is 12.5 Å². The zero-order chi connectivity index (χ0) is 13.8. The third-order valence-electron chi connectivity index (χ3n) is 4.09. The van der Waals surface area contributed by atoms with Crippen LogP contribution in [0.1, 0.15) is 30.9 Å². The van der Waals surface area contributed by atoms with Gasteiger partial charge in [0.2, 0.25) is 0 Å². The van der Waals surface area contributed by atoms with Crippen LogP contribution in [0, 0.1) is 0 Å². The Labute approximate surface area is 120 Å². The molecule has 0 aromatic heterocycles. The van der Waals surface area contributed by atoms with Gasteiger partial charge in [0, 0.05) is 6.54 Å². The quantitative estimate of drug-likeness (QED) is 0.815. The molecule has 1 atom stereocenters. The van der Waals surface area contributed by atoms with Gasteiger partial charge in [0.05, 0.1) is 13.2 Å². The van der Waals surface area contributed by atoms with Crippen molar-refractivity contribution < 1.29 is 4.84 Å². The van der Waals surface area contributed by atoms with Crippen molar-refractivity contribution in [3.05, 3.63) is 60.2 Å². The molecule has 1 fully saturated rings. The van der Waals surface area contributed by atoms with E-state index in [-0.39, 0.29) is 0 Å². The molecule has 0 N–H and O–H groups in total. The van der Waals surface area contributed by atoms with E-state index in [1.54, 1.807) is 7.11 Å². The van der Waals surface area contributed by atoms with E-state index >= 15 is 0 Å². The Morgan fingerprint density at radius 3 is 2.30 bits per heavy atom. The highest BCUT2D eigenvalue weighted by Crippen LogP contribution is 2.31. The molecule has 104 valence electrons. The maximum absolute atomic E-state index is 5.51. The molecule has 0 radical (unpaired) electrons. The lowest BCUT2D eigenvalue weighted by molar-refractivity contribution is -0.176. The lowest BCUT2D eigenvalue weighted by Crippen LogP contribution is -2.32. The van der Waals surface area contributed by atoms with E-state index < -0.39 is 0 Å². The molecule has 2 aromatic rings. The van der Waals surface area contributed by atoms with Crippen LogP contribution in [0.3, 0.4) is 0 Å². The number of piperidine rings is 1. The van der Waals surface area contributed by atoms with Crippen molar-refractivity contribution in [1.82, 2.24) is 5.06 Å². The van der Waals surface area contributed by atoms with Gasteiger partial charge in [0.25, 0.3) is 0 Å². The molecule has 1 unspecified atom stereocenters. The summed E-state index contributed by atoms with van der Waals surface area (Å²) in [5, 5.41) is 2.11. The van der Waals surface area contributed by atoms with Gasteiger partial charge in [-0.15, -0.1) is 0 Å². The highest BCUT2D eigenvalue weighted by Gasteiger charge is 2.23. The number of hydrogen-bond acceptors (Lipinski definition) is 2. The first-order valence-corrected chi connectivity index (χ1v) is 7.34. The van der Waals surface area contributed by atoms with Crippen molar-refractivity contribution in [3.63, 3.8) is 0 Å². The van der Waals surface area contributed by atoms with Crippen LogP contribution in [-0.4, -0.2) is 18.7 Å². The average Bonchev–Trinajstić information content (AvgIpc) is 2.56. The zero-order valence-electron chi connectivity index (χ0n) is 12.0. The normalized spacial score (nSPS) is 19.9. The lowest BCUT2D eigenvalue weighted by atomic mass is 9.95. The van der Waals surface area contributed by atoms with Gasteiger partial charge >= 0.3 is 0 Å². The molecule has 0 amide bonds. The minimum atomic E-state index is 0.401. The molecule has 2 heteroatoms. The van der Waals surface area contributed by atoms with Crippen LogP contribution < -0.4 is 0 Å². The summed E-state index contributed by atoms with van der Waals surface area (Å²) in [6, 6.07) is 19.8. The standard InChI is InChI=1S/C18H21NO/c1-20-19-14-6-5-9-18(19)17-12-10-16(11-13-17)15-7-3-2-4-8-15/h2-4,7-8,10-13,18H,5-6,9,14H2,1H3. The summed E-state index contributed by atoms with van der Waals surface area (Å²) in [4.78, 5) is 5.51. The summed E-state index contributed by atoms with van der Waals surface area (Å²) >= 11 is 0. The number of nitrogens with zero attached hydrogens (tertiary/aromatic N) is 1. The molecule has 2 aromatic carbocycles. The first kappa shape index (κ1) is 13.3. The maximum atomic E-state index is 5.51. The van der Waals surface area contributed by atoms with Crippen LogP contribution in [0.5, 0.6) is 0 Å². The molecule has 1 aliphatic rings. The molecule has 1 aliphatic heterocycles. The third-order valence-corrected chi connectivity index (χ3v) is 4.09. The van der Waals surface area contributed by atoms with Crippen LogP contribution in [0.4, 0.5) is 0 Å². The van der Waals surface area contributed by atoms with Gasteiger partial charge < -0.3 is 4.84 Å². The second-order valence-electron chi connectivity index (χ2n) is 5.32. The maximum Gasteiger partial charge on any atom is 0.0601 e. The van der Waals surface area contributed by atoms with Gasteiger partial charge in [-0.1, -0.05) is 61.0 Å². The van der Waals surface area contributed by atoms with Gasteiger partial charge in [0.15, 0.2) is 0 Å². The Balaban J connectivity index is 1.82. The third kappa shape index (κ3) is 2.77. The van der Waals surface area contributed by atoms with Gasteiger partial charge in [-0.2, -0.15) is 5.06 Å². The second-order valence-corrected chi connectivity index (χ2v) is 5.32. The Morgan fingerprint density at radius 2 is 1.60 bits per heavy atom. The molecule has 0 spiro atoms. The van der Waals surface area contributed by atoms with E-state index in [4.69, 9.17) is 4.84 Å². The van der Waals surface area contributed by atoms with Crippen LogP contribution in [0.25, 0.3) is 11.1 Å². The fourth-order valence-corrected chi connectivity index (χ4v) is 2.98. The van der Waals surface area contributed by atoms with Crippen molar-refractivity contribution in [3.8, 4) is 11.1 Å². The monoisotopic (exact) mass is 267 g/mol. The van der Waals surface area contributed by atoms with E-state index in [2.05, 4.69) is 59.7 Å². The molecule has 0 saturated carbocycles. The summed E-state index contributed by atoms with van der Waals surface area (Å²) < 4.78 is 0. The van der Waals surface area contributed by atoms with Gasteiger partial charge in [-0.25, -0.2) is 0 Å². The van der Waals surface area contributed by atoms with Crippen molar-refractivity contribution in [2.75, 3.05) is 13.7 Å². The van der Waals surface area contributed by atoms with E-state index in [9.17, 15) is 0 Å². The lowest BCUT2D eigenvalue weighted by Gasteiger charge is -2.33. The second kappa shape index (κ2) is 6.21.